The van der Waals surface area contributed by atoms with E-state index in [1.165, 1.54) is 4.90 Å². The van der Waals surface area contributed by atoms with Crippen LogP contribution in [0.2, 0.25) is 5.02 Å². The van der Waals surface area contributed by atoms with E-state index in [1.807, 2.05) is 0 Å². The smallest absolute Gasteiger partial charge is 0.340 e. The number of benzene rings is 1. The maximum absolute atomic E-state index is 13.1. The van der Waals surface area contributed by atoms with Crippen molar-refractivity contribution in [2.45, 2.75) is 32.8 Å². The first kappa shape index (κ1) is 23.1. The zero-order chi connectivity index (χ0) is 22.4. The number of rotatable bonds is 8. The molecule has 30 heavy (non-hydrogen) atoms. The monoisotopic (exact) mass is 434 g/mol. The van der Waals surface area contributed by atoms with Crippen LogP contribution in [-0.4, -0.2) is 48.2 Å². The normalized spacial score (nSPS) is 16.5. The van der Waals surface area contributed by atoms with Gasteiger partial charge in [0.2, 0.25) is 5.88 Å². The summed E-state index contributed by atoms with van der Waals surface area (Å²) >= 11 is 6.38. The Balaban J connectivity index is 2.74. The number of aliphatic carboxylic acids is 1. The second-order valence-electron chi connectivity index (χ2n) is 6.79. The number of nitrogens with zero attached hydrogens (tertiary/aromatic N) is 4. The van der Waals surface area contributed by atoms with Crippen LogP contribution in [0.25, 0.3) is 10.4 Å². The maximum atomic E-state index is 13.1. The molecule has 0 aromatic heterocycles. The molecule has 0 aliphatic carbocycles. The summed E-state index contributed by atoms with van der Waals surface area (Å²) in [6, 6.07) is 6.71. The minimum absolute atomic E-state index is 0.00683. The van der Waals surface area contributed by atoms with Gasteiger partial charge in [0.05, 0.1) is 30.7 Å². The highest BCUT2D eigenvalue weighted by atomic mass is 35.5. The van der Waals surface area contributed by atoms with Gasteiger partial charge in [0.25, 0.3) is 0 Å². The number of carboxylic acids is 1. The highest BCUT2D eigenvalue weighted by molar-refractivity contribution is 6.31. The number of allylic oxidation sites excluding steroid dienone is 1. The Morgan fingerprint density at radius 3 is 2.57 bits per heavy atom. The Kier molecular flexibility index (Phi) is 7.74. The van der Waals surface area contributed by atoms with Crippen LogP contribution in [0.3, 0.4) is 0 Å². The molecule has 10 heteroatoms. The van der Waals surface area contributed by atoms with Crippen LogP contribution < -0.4 is 0 Å². The quantitative estimate of drug-likeness (QED) is 0.215. The van der Waals surface area contributed by atoms with E-state index in [2.05, 4.69) is 10.0 Å². The van der Waals surface area contributed by atoms with Crippen molar-refractivity contribution < 1.29 is 24.2 Å². The zero-order valence-electron chi connectivity index (χ0n) is 17.1. The van der Waals surface area contributed by atoms with E-state index >= 15 is 0 Å². The molecule has 0 spiro atoms. The molecule has 1 N–H and O–H groups in total. The maximum Gasteiger partial charge on any atom is 0.340 e. The summed E-state index contributed by atoms with van der Waals surface area (Å²) in [7, 11) is 1.59. The number of hydrogen-bond donors (Lipinski definition) is 1. The van der Waals surface area contributed by atoms with E-state index in [-0.39, 0.29) is 30.2 Å². The summed E-state index contributed by atoms with van der Waals surface area (Å²) in [5.74, 6) is -2.78. The van der Waals surface area contributed by atoms with Crippen molar-refractivity contribution in [2.24, 2.45) is 5.11 Å². The Bertz CT molecular complexity index is 950. The lowest BCUT2D eigenvalue weighted by atomic mass is 9.81. The molecule has 1 aliphatic rings. The van der Waals surface area contributed by atoms with Gasteiger partial charge < -0.3 is 19.5 Å². The van der Waals surface area contributed by atoms with Crippen molar-refractivity contribution in [1.29, 1.82) is 0 Å². The largest absolute Gasteiger partial charge is 0.478 e. The van der Waals surface area contributed by atoms with E-state index in [0.29, 0.717) is 16.3 Å². The van der Waals surface area contributed by atoms with Gasteiger partial charge in [-0.1, -0.05) is 34.9 Å². The second kappa shape index (κ2) is 10.0. The molecule has 2 rings (SSSR count). The van der Waals surface area contributed by atoms with Crippen LogP contribution in [0.15, 0.2) is 52.1 Å². The second-order valence-corrected chi connectivity index (χ2v) is 7.20. The third kappa shape index (κ3) is 4.87. The predicted molar refractivity (Wildman–Crippen MR) is 111 cm³/mol. The summed E-state index contributed by atoms with van der Waals surface area (Å²) in [6.07, 6.45) is -0.438. The molecule has 1 atom stereocenters. The molecule has 1 aromatic carbocycles. The Morgan fingerprint density at radius 2 is 2.00 bits per heavy atom. The van der Waals surface area contributed by atoms with Gasteiger partial charge in [0.1, 0.15) is 5.57 Å². The number of carbonyl (C=O) groups is 2. The SMILES string of the molecule is CC1=C(C(=O)O)C(c2ccccc2Cl)C(C(=O)OC(C)C)=C(OCCN=[N+]=[N-])N1C. The number of ether oxygens (including phenoxy) is 2. The first-order valence-electron chi connectivity index (χ1n) is 9.21. The minimum atomic E-state index is -1.19. The highest BCUT2D eigenvalue weighted by Crippen LogP contribution is 2.44. The van der Waals surface area contributed by atoms with Gasteiger partial charge in [0, 0.05) is 22.7 Å². The van der Waals surface area contributed by atoms with Gasteiger partial charge in [-0.2, -0.15) is 0 Å². The van der Waals surface area contributed by atoms with Crippen molar-refractivity contribution in [3.63, 3.8) is 0 Å². The average Bonchev–Trinajstić information content (AvgIpc) is 2.67. The first-order valence-corrected chi connectivity index (χ1v) is 9.59. The van der Waals surface area contributed by atoms with Crippen molar-refractivity contribution in [3.05, 3.63) is 68.0 Å². The molecular weight excluding hydrogens is 412 g/mol. The van der Waals surface area contributed by atoms with Crippen molar-refractivity contribution in [1.82, 2.24) is 4.90 Å². The van der Waals surface area contributed by atoms with Gasteiger partial charge >= 0.3 is 11.9 Å². The van der Waals surface area contributed by atoms with Crippen LogP contribution in [-0.2, 0) is 19.1 Å². The third-order valence-electron chi connectivity index (χ3n) is 4.51. The molecular formula is C20H23ClN4O5. The lowest BCUT2D eigenvalue weighted by molar-refractivity contribution is -0.143. The van der Waals surface area contributed by atoms with Crippen molar-refractivity contribution in [2.75, 3.05) is 20.2 Å². The van der Waals surface area contributed by atoms with Crippen LogP contribution in [0, 0.1) is 0 Å². The third-order valence-corrected chi connectivity index (χ3v) is 4.85. The van der Waals surface area contributed by atoms with Gasteiger partial charge in [-0.25, -0.2) is 9.59 Å². The zero-order valence-corrected chi connectivity index (χ0v) is 17.9. The molecule has 0 fully saturated rings. The highest BCUT2D eigenvalue weighted by Gasteiger charge is 2.42. The number of azide groups is 1. The molecule has 1 unspecified atom stereocenters. The molecule has 0 radical (unpaired) electrons. The topological polar surface area (TPSA) is 125 Å². The minimum Gasteiger partial charge on any atom is -0.478 e. The van der Waals surface area contributed by atoms with Gasteiger partial charge in [-0.3, -0.25) is 0 Å². The summed E-state index contributed by atoms with van der Waals surface area (Å²) < 4.78 is 11.2. The lowest BCUT2D eigenvalue weighted by Crippen LogP contribution is -2.35. The number of carbonyl (C=O) groups excluding carboxylic acids is 1. The summed E-state index contributed by atoms with van der Waals surface area (Å²) in [5.41, 5.74) is 9.30. The Morgan fingerprint density at radius 1 is 1.33 bits per heavy atom. The van der Waals surface area contributed by atoms with Gasteiger partial charge in [0.15, 0.2) is 0 Å². The molecule has 1 heterocycles. The summed E-state index contributed by atoms with van der Waals surface area (Å²) in [5, 5.41) is 13.7. The van der Waals surface area contributed by atoms with Gasteiger partial charge in [-0.05, 0) is 37.9 Å². The number of esters is 1. The molecule has 0 saturated carbocycles. The Hall–Kier alpha value is -3.16. The van der Waals surface area contributed by atoms with Gasteiger partial charge in [-0.15, -0.1) is 0 Å². The Labute approximate surface area is 179 Å². The van der Waals surface area contributed by atoms with E-state index in [9.17, 15) is 14.7 Å². The fourth-order valence-corrected chi connectivity index (χ4v) is 3.42. The van der Waals surface area contributed by atoms with E-state index in [4.69, 9.17) is 26.6 Å². The number of halogens is 1. The fourth-order valence-electron chi connectivity index (χ4n) is 3.17. The number of carboxylic acid groups (broad SMARTS) is 1. The van der Waals surface area contributed by atoms with Crippen LogP contribution in [0.5, 0.6) is 0 Å². The number of hydrogen-bond acceptors (Lipinski definition) is 6. The van der Waals surface area contributed by atoms with Crippen molar-refractivity contribution >= 4 is 23.5 Å². The van der Waals surface area contributed by atoms with Crippen LogP contribution >= 0.6 is 11.6 Å². The predicted octanol–water partition coefficient (Wildman–Crippen LogP) is 4.22. The molecule has 0 bridgehead atoms. The average molecular weight is 435 g/mol. The fraction of sp³-hybridized carbons (Fsp3) is 0.400. The van der Waals surface area contributed by atoms with Crippen LogP contribution in [0.4, 0.5) is 0 Å². The lowest BCUT2D eigenvalue weighted by Gasteiger charge is -2.36. The van der Waals surface area contributed by atoms with Crippen LogP contribution in [0.1, 0.15) is 32.3 Å². The first-order chi connectivity index (χ1) is 14.2. The van der Waals surface area contributed by atoms with E-state index in [0.717, 1.165) is 0 Å². The van der Waals surface area contributed by atoms with E-state index in [1.54, 1.807) is 52.1 Å². The molecule has 0 amide bonds. The summed E-state index contributed by atoms with van der Waals surface area (Å²) in [4.78, 5) is 29.4. The molecule has 1 aliphatic heterocycles. The standard InChI is InChI=1S/C20H23ClN4O5/c1-11(2)30-20(28)17-16(13-7-5-6-8-14(13)21)15(19(26)27)12(3)25(4)18(17)29-10-9-23-24-22/h5-8,11,16H,9-10H2,1-4H3,(H,26,27). The van der Waals surface area contributed by atoms with E-state index < -0.39 is 24.0 Å². The summed E-state index contributed by atoms with van der Waals surface area (Å²) in [6.45, 7) is 5.03. The molecule has 9 nitrogen and oxygen atoms in total. The molecule has 0 saturated heterocycles. The molecule has 1 aromatic rings. The molecule has 160 valence electrons. The van der Waals surface area contributed by atoms with Crippen molar-refractivity contribution in [3.8, 4) is 0 Å².